The summed E-state index contributed by atoms with van der Waals surface area (Å²) in [4.78, 5) is 28.0. The summed E-state index contributed by atoms with van der Waals surface area (Å²) in [6.45, 7) is 7.16. The highest BCUT2D eigenvalue weighted by molar-refractivity contribution is 7.99. The van der Waals surface area contributed by atoms with Crippen molar-refractivity contribution in [2.45, 2.75) is 44.9 Å². The van der Waals surface area contributed by atoms with Gasteiger partial charge in [-0.1, -0.05) is 32.9 Å². The van der Waals surface area contributed by atoms with E-state index in [4.69, 9.17) is 0 Å². The minimum Gasteiger partial charge on any atom is -0.322 e. The topological polar surface area (TPSA) is 49.4 Å². The Kier molecular flexibility index (Phi) is 6.79. The van der Waals surface area contributed by atoms with E-state index in [1.807, 2.05) is 47.4 Å². The minimum atomic E-state index is -0.0972. The van der Waals surface area contributed by atoms with Crippen LogP contribution >= 0.6 is 11.8 Å². The van der Waals surface area contributed by atoms with Gasteiger partial charge in [0.25, 0.3) is 5.91 Å². The largest absolute Gasteiger partial charge is 0.322 e. The smallest absolute Gasteiger partial charge is 0.256 e. The molecule has 0 unspecified atom stereocenters. The fourth-order valence-electron chi connectivity index (χ4n) is 3.40. The van der Waals surface area contributed by atoms with Crippen LogP contribution in [0.2, 0.25) is 0 Å². The molecule has 0 saturated heterocycles. The Morgan fingerprint density at radius 2 is 1.96 bits per heavy atom. The molecule has 0 radical (unpaired) electrons. The summed E-state index contributed by atoms with van der Waals surface area (Å²) in [7, 11) is 0. The number of nitrogens with zero attached hydrogens (tertiary/aromatic N) is 1. The Morgan fingerprint density at radius 1 is 1.18 bits per heavy atom. The van der Waals surface area contributed by atoms with Crippen LogP contribution < -0.4 is 10.2 Å². The first kappa shape index (κ1) is 20.5. The molecule has 0 fully saturated rings. The number of nitrogens with one attached hydrogen (secondary N) is 1. The molecule has 0 aliphatic carbocycles. The number of rotatable bonds is 7. The molecule has 5 heteroatoms. The molecule has 2 aromatic rings. The minimum absolute atomic E-state index is 0.0972. The molecule has 0 bridgehead atoms. The Bertz CT molecular complexity index is 863. The fraction of sp³-hybridized carbons (Fsp3) is 0.391. The van der Waals surface area contributed by atoms with Crippen LogP contribution in [0.5, 0.6) is 0 Å². The maximum atomic E-state index is 12.8. The second-order valence-corrected chi connectivity index (χ2v) is 8.76. The molecular formula is C23H28N2O2S. The standard InChI is InChI=1S/C23H28N2O2S/c1-4-28-21-8-6-5-7-19(21)23(27)24-18-10-11-20-17(15-18)9-12-22(26)25(20)14-13-16(2)3/h5-8,10-11,15-16H,4,9,12-14H2,1-3H3,(H,24,27). The van der Waals surface area contributed by atoms with Crippen molar-refractivity contribution in [3.8, 4) is 0 Å². The molecule has 148 valence electrons. The van der Waals surface area contributed by atoms with Crippen LogP contribution in [0.15, 0.2) is 47.4 Å². The van der Waals surface area contributed by atoms with Gasteiger partial charge in [-0.25, -0.2) is 0 Å². The molecule has 0 saturated carbocycles. The van der Waals surface area contributed by atoms with Crippen molar-refractivity contribution in [1.29, 1.82) is 0 Å². The highest BCUT2D eigenvalue weighted by atomic mass is 32.2. The van der Waals surface area contributed by atoms with Crippen LogP contribution in [-0.4, -0.2) is 24.1 Å². The molecule has 0 atom stereocenters. The fourth-order valence-corrected chi connectivity index (χ4v) is 4.21. The molecule has 1 aliphatic heterocycles. The number of amides is 2. The molecule has 1 heterocycles. The summed E-state index contributed by atoms with van der Waals surface area (Å²) in [6, 6.07) is 13.6. The Balaban J connectivity index is 1.78. The van der Waals surface area contributed by atoms with E-state index < -0.39 is 0 Å². The van der Waals surface area contributed by atoms with Crippen molar-refractivity contribution in [3.63, 3.8) is 0 Å². The maximum Gasteiger partial charge on any atom is 0.256 e. The average molecular weight is 397 g/mol. The van der Waals surface area contributed by atoms with Gasteiger partial charge in [0.05, 0.1) is 5.56 Å². The maximum absolute atomic E-state index is 12.8. The summed E-state index contributed by atoms with van der Waals surface area (Å²) in [6.07, 6.45) is 2.23. The van der Waals surface area contributed by atoms with Gasteiger partial charge in [-0.15, -0.1) is 11.8 Å². The Hall–Kier alpha value is -2.27. The summed E-state index contributed by atoms with van der Waals surface area (Å²) >= 11 is 1.67. The predicted octanol–water partition coefficient (Wildman–Crippen LogP) is 5.38. The highest BCUT2D eigenvalue weighted by Crippen LogP contribution is 2.31. The highest BCUT2D eigenvalue weighted by Gasteiger charge is 2.24. The number of fused-ring (bicyclic) bond motifs is 1. The number of hydrogen-bond acceptors (Lipinski definition) is 3. The molecule has 3 rings (SSSR count). The first-order chi connectivity index (χ1) is 13.5. The van der Waals surface area contributed by atoms with E-state index in [1.165, 1.54) is 0 Å². The third-order valence-corrected chi connectivity index (χ3v) is 5.85. The van der Waals surface area contributed by atoms with Crippen LogP contribution in [0.3, 0.4) is 0 Å². The lowest BCUT2D eigenvalue weighted by atomic mass is 9.99. The SMILES string of the molecule is CCSc1ccccc1C(=O)Nc1ccc2c(c1)CCC(=O)N2CCC(C)C. The zero-order chi connectivity index (χ0) is 20.1. The zero-order valence-corrected chi connectivity index (χ0v) is 17.6. The van der Waals surface area contributed by atoms with Crippen molar-refractivity contribution in [2.75, 3.05) is 22.5 Å². The predicted molar refractivity (Wildman–Crippen MR) is 117 cm³/mol. The number of thioether (sulfide) groups is 1. The number of carbonyl (C=O) groups is 2. The number of carbonyl (C=O) groups excluding carboxylic acids is 2. The van der Waals surface area contributed by atoms with Gasteiger partial charge in [-0.3, -0.25) is 9.59 Å². The first-order valence-corrected chi connectivity index (χ1v) is 10.9. The van der Waals surface area contributed by atoms with Crippen molar-refractivity contribution in [3.05, 3.63) is 53.6 Å². The summed E-state index contributed by atoms with van der Waals surface area (Å²) < 4.78 is 0. The summed E-state index contributed by atoms with van der Waals surface area (Å²) in [5.41, 5.74) is 3.58. The number of benzene rings is 2. The third kappa shape index (κ3) is 4.76. The number of aryl methyl sites for hydroxylation is 1. The quantitative estimate of drug-likeness (QED) is 0.640. The van der Waals surface area contributed by atoms with Gasteiger partial charge in [0.15, 0.2) is 0 Å². The van der Waals surface area contributed by atoms with Crippen LogP contribution in [0.1, 0.15) is 49.5 Å². The summed E-state index contributed by atoms with van der Waals surface area (Å²) in [5, 5.41) is 3.03. The molecule has 2 aromatic carbocycles. The van der Waals surface area contributed by atoms with Crippen molar-refractivity contribution >= 4 is 35.0 Å². The number of hydrogen-bond donors (Lipinski definition) is 1. The van der Waals surface area contributed by atoms with E-state index in [0.717, 1.165) is 47.0 Å². The van der Waals surface area contributed by atoms with Crippen LogP contribution in [-0.2, 0) is 11.2 Å². The first-order valence-electron chi connectivity index (χ1n) is 9.96. The molecule has 0 spiro atoms. The third-order valence-electron chi connectivity index (χ3n) is 4.90. The van der Waals surface area contributed by atoms with E-state index >= 15 is 0 Å². The Labute approximate surface area is 171 Å². The molecular weight excluding hydrogens is 368 g/mol. The molecule has 2 amide bonds. The molecule has 1 aliphatic rings. The van der Waals surface area contributed by atoms with Crippen molar-refractivity contribution in [2.24, 2.45) is 5.92 Å². The zero-order valence-electron chi connectivity index (χ0n) is 16.8. The Morgan fingerprint density at radius 3 is 2.71 bits per heavy atom. The second kappa shape index (κ2) is 9.28. The van der Waals surface area contributed by atoms with Crippen LogP contribution in [0, 0.1) is 5.92 Å². The average Bonchev–Trinajstić information content (AvgIpc) is 2.67. The van der Waals surface area contributed by atoms with Crippen molar-refractivity contribution < 1.29 is 9.59 Å². The van der Waals surface area contributed by atoms with Gasteiger partial charge in [0.2, 0.25) is 5.91 Å². The van der Waals surface area contributed by atoms with Gasteiger partial charge in [0, 0.05) is 29.2 Å². The molecule has 1 N–H and O–H groups in total. The van der Waals surface area contributed by atoms with E-state index in [9.17, 15) is 9.59 Å². The van der Waals surface area contributed by atoms with Gasteiger partial charge >= 0.3 is 0 Å². The van der Waals surface area contributed by atoms with Gasteiger partial charge in [-0.2, -0.15) is 0 Å². The van der Waals surface area contributed by atoms with Gasteiger partial charge in [-0.05, 0) is 60.4 Å². The van der Waals surface area contributed by atoms with Crippen molar-refractivity contribution in [1.82, 2.24) is 0 Å². The lowest BCUT2D eigenvalue weighted by molar-refractivity contribution is -0.118. The van der Waals surface area contributed by atoms with Gasteiger partial charge < -0.3 is 10.2 Å². The molecule has 28 heavy (non-hydrogen) atoms. The van der Waals surface area contributed by atoms with Gasteiger partial charge in [0.1, 0.15) is 0 Å². The van der Waals surface area contributed by atoms with E-state index in [0.29, 0.717) is 17.9 Å². The van der Waals surface area contributed by atoms with Crippen LogP contribution in [0.25, 0.3) is 0 Å². The van der Waals surface area contributed by atoms with E-state index in [1.54, 1.807) is 11.8 Å². The van der Waals surface area contributed by atoms with Crippen LogP contribution in [0.4, 0.5) is 11.4 Å². The number of anilines is 2. The normalized spacial score (nSPS) is 13.6. The van der Waals surface area contributed by atoms with E-state index in [2.05, 4.69) is 26.1 Å². The second-order valence-electron chi connectivity index (χ2n) is 7.45. The lowest BCUT2D eigenvalue weighted by Gasteiger charge is -2.30. The molecule has 4 nitrogen and oxygen atoms in total. The van der Waals surface area contributed by atoms with E-state index in [-0.39, 0.29) is 11.8 Å². The molecule has 0 aromatic heterocycles. The monoisotopic (exact) mass is 396 g/mol. The summed E-state index contributed by atoms with van der Waals surface area (Å²) in [5.74, 6) is 1.57. The lowest BCUT2D eigenvalue weighted by Crippen LogP contribution is -2.36.